The smallest absolute Gasteiger partial charge is 0.407 e. The Balaban J connectivity index is 1.84. The molecule has 0 saturated carbocycles. The molecule has 0 radical (unpaired) electrons. The molecule has 1 fully saturated rings. The number of hydrogen-bond donors (Lipinski definition) is 3. The molecule has 1 unspecified atom stereocenters. The van der Waals surface area contributed by atoms with Crippen molar-refractivity contribution >= 4 is 6.09 Å². The average molecular weight is 309 g/mol. The van der Waals surface area contributed by atoms with Crippen LogP contribution >= 0.6 is 0 Å². The second kappa shape index (κ2) is 7.58. The van der Waals surface area contributed by atoms with Gasteiger partial charge in [0.15, 0.2) is 0 Å². The first-order valence-corrected chi connectivity index (χ1v) is 7.46. The van der Waals surface area contributed by atoms with Crippen LogP contribution in [0.25, 0.3) is 0 Å². The number of rotatable bonds is 6. The lowest BCUT2D eigenvalue weighted by molar-refractivity contribution is -0.0923. The second-order valence-electron chi connectivity index (χ2n) is 5.81. The van der Waals surface area contributed by atoms with E-state index in [9.17, 15) is 15.0 Å². The minimum absolute atomic E-state index is 0.128. The zero-order chi connectivity index (χ0) is 16.0. The maximum absolute atomic E-state index is 10.9. The Kier molecular flexibility index (Phi) is 5.76. The molecule has 1 amide bonds. The molecule has 1 heterocycles. The van der Waals surface area contributed by atoms with Crippen molar-refractivity contribution < 1.29 is 24.9 Å². The van der Waals surface area contributed by atoms with E-state index in [2.05, 4.69) is 0 Å². The first kappa shape index (κ1) is 16.7. The van der Waals surface area contributed by atoms with Gasteiger partial charge in [-0.15, -0.1) is 0 Å². The fourth-order valence-corrected chi connectivity index (χ4v) is 2.78. The number of ether oxygens (including phenoxy) is 1. The van der Waals surface area contributed by atoms with Gasteiger partial charge in [-0.25, -0.2) is 4.79 Å². The Morgan fingerprint density at radius 1 is 1.27 bits per heavy atom. The summed E-state index contributed by atoms with van der Waals surface area (Å²) >= 11 is 0. The summed E-state index contributed by atoms with van der Waals surface area (Å²) in [5, 5.41) is 29.0. The number of aliphatic hydroxyl groups excluding tert-OH is 2. The Bertz CT molecular complexity index is 471. The van der Waals surface area contributed by atoms with E-state index in [1.165, 1.54) is 4.90 Å². The van der Waals surface area contributed by atoms with Gasteiger partial charge in [-0.2, -0.15) is 0 Å². The summed E-state index contributed by atoms with van der Waals surface area (Å²) in [5.41, 5.74) is 0.344. The monoisotopic (exact) mass is 309 g/mol. The lowest BCUT2D eigenvalue weighted by Crippen LogP contribution is -2.51. The van der Waals surface area contributed by atoms with Crippen LogP contribution in [-0.4, -0.2) is 58.7 Å². The van der Waals surface area contributed by atoms with E-state index in [0.717, 1.165) is 5.56 Å². The fraction of sp³-hybridized carbons (Fsp3) is 0.562. The first-order chi connectivity index (χ1) is 10.6. The summed E-state index contributed by atoms with van der Waals surface area (Å²) in [4.78, 5) is 12.2. The van der Waals surface area contributed by atoms with Gasteiger partial charge in [0, 0.05) is 18.5 Å². The Hall–Kier alpha value is -1.63. The molecule has 1 aliphatic rings. The summed E-state index contributed by atoms with van der Waals surface area (Å²) in [6, 6.07) is 9.66. The predicted molar refractivity (Wildman–Crippen MR) is 80.5 cm³/mol. The minimum Gasteiger partial charge on any atom is -0.465 e. The van der Waals surface area contributed by atoms with Gasteiger partial charge < -0.3 is 25.0 Å². The molecule has 0 bridgehead atoms. The SMILES string of the molecule is O=C(O)N1CCC(CO)(C(O)COCc2ccccc2)CC1. The average Bonchev–Trinajstić information content (AvgIpc) is 2.55. The van der Waals surface area contributed by atoms with Crippen LogP contribution in [0.1, 0.15) is 18.4 Å². The Labute approximate surface area is 129 Å². The van der Waals surface area contributed by atoms with Crippen LogP contribution in [0.3, 0.4) is 0 Å². The van der Waals surface area contributed by atoms with Crippen molar-refractivity contribution in [2.75, 3.05) is 26.3 Å². The predicted octanol–water partition coefficient (Wildman–Crippen LogP) is 1.32. The van der Waals surface area contributed by atoms with Gasteiger partial charge in [0.05, 0.1) is 25.9 Å². The maximum atomic E-state index is 10.9. The van der Waals surface area contributed by atoms with Crippen molar-refractivity contribution in [2.45, 2.75) is 25.6 Å². The Morgan fingerprint density at radius 3 is 2.45 bits per heavy atom. The highest BCUT2D eigenvalue weighted by Crippen LogP contribution is 2.35. The molecule has 1 atom stereocenters. The number of carboxylic acid groups (broad SMARTS) is 1. The van der Waals surface area contributed by atoms with E-state index in [4.69, 9.17) is 9.84 Å². The Morgan fingerprint density at radius 2 is 1.91 bits per heavy atom. The number of carbonyl (C=O) groups is 1. The van der Waals surface area contributed by atoms with Gasteiger partial charge in [-0.05, 0) is 18.4 Å². The highest BCUT2D eigenvalue weighted by Gasteiger charge is 2.41. The summed E-state index contributed by atoms with van der Waals surface area (Å²) < 4.78 is 5.54. The summed E-state index contributed by atoms with van der Waals surface area (Å²) in [6.07, 6.45) is -0.893. The van der Waals surface area contributed by atoms with Crippen LogP contribution < -0.4 is 0 Å². The van der Waals surface area contributed by atoms with Crippen LogP contribution in [0.5, 0.6) is 0 Å². The largest absolute Gasteiger partial charge is 0.465 e. The van der Waals surface area contributed by atoms with E-state index < -0.39 is 17.6 Å². The van der Waals surface area contributed by atoms with Gasteiger partial charge in [-0.1, -0.05) is 30.3 Å². The molecule has 0 aromatic heterocycles. The lowest BCUT2D eigenvalue weighted by Gasteiger charge is -2.42. The number of hydrogen-bond acceptors (Lipinski definition) is 4. The number of aliphatic hydroxyl groups is 2. The first-order valence-electron chi connectivity index (χ1n) is 7.46. The van der Waals surface area contributed by atoms with Crippen LogP contribution in [0.2, 0.25) is 0 Å². The van der Waals surface area contributed by atoms with E-state index in [-0.39, 0.29) is 13.2 Å². The summed E-state index contributed by atoms with van der Waals surface area (Å²) in [7, 11) is 0. The van der Waals surface area contributed by atoms with E-state index >= 15 is 0 Å². The standard InChI is InChI=1S/C16H23NO5/c18-12-16(6-8-17(9-7-16)15(20)21)14(19)11-22-10-13-4-2-1-3-5-13/h1-5,14,18-19H,6-12H2,(H,20,21). The molecule has 3 N–H and O–H groups in total. The molecule has 1 aromatic rings. The van der Waals surface area contributed by atoms with Crippen molar-refractivity contribution in [3.8, 4) is 0 Å². The molecule has 122 valence electrons. The normalized spacial score (nSPS) is 18.9. The number of nitrogens with zero attached hydrogens (tertiary/aromatic N) is 1. The third-order valence-electron chi connectivity index (χ3n) is 4.44. The molecule has 1 aromatic carbocycles. The number of piperidine rings is 1. The molecule has 0 spiro atoms. The third-order valence-corrected chi connectivity index (χ3v) is 4.44. The zero-order valence-electron chi connectivity index (χ0n) is 12.5. The molecule has 6 heteroatoms. The van der Waals surface area contributed by atoms with Crippen molar-refractivity contribution in [3.63, 3.8) is 0 Å². The highest BCUT2D eigenvalue weighted by atomic mass is 16.5. The molecule has 0 aliphatic carbocycles. The van der Waals surface area contributed by atoms with Gasteiger partial charge in [0.25, 0.3) is 0 Å². The molecular formula is C16H23NO5. The third kappa shape index (κ3) is 3.97. The van der Waals surface area contributed by atoms with Gasteiger partial charge in [0.2, 0.25) is 0 Å². The molecule has 6 nitrogen and oxygen atoms in total. The van der Waals surface area contributed by atoms with Crippen molar-refractivity contribution in [1.82, 2.24) is 4.90 Å². The summed E-state index contributed by atoms with van der Waals surface area (Å²) in [5.74, 6) is 0. The van der Waals surface area contributed by atoms with Gasteiger partial charge in [0.1, 0.15) is 0 Å². The molecular weight excluding hydrogens is 286 g/mol. The molecule has 1 aliphatic heterocycles. The number of likely N-dealkylation sites (tertiary alicyclic amines) is 1. The highest BCUT2D eigenvalue weighted by molar-refractivity contribution is 5.65. The quantitative estimate of drug-likeness (QED) is 0.737. The second-order valence-corrected chi connectivity index (χ2v) is 5.81. The summed E-state index contributed by atoms with van der Waals surface area (Å²) in [6.45, 7) is 1.01. The molecule has 2 rings (SSSR count). The van der Waals surface area contributed by atoms with Crippen LogP contribution in [0, 0.1) is 5.41 Å². The van der Waals surface area contributed by atoms with Gasteiger partial charge in [-0.3, -0.25) is 0 Å². The lowest BCUT2D eigenvalue weighted by atomic mass is 9.74. The zero-order valence-corrected chi connectivity index (χ0v) is 12.5. The molecule has 1 saturated heterocycles. The van der Waals surface area contributed by atoms with Crippen LogP contribution in [0.15, 0.2) is 30.3 Å². The van der Waals surface area contributed by atoms with Crippen molar-refractivity contribution in [1.29, 1.82) is 0 Å². The molecule has 22 heavy (non-hydrogen) atoms. The van der Waals surface area contributed by atoms with Crippen LogP contribution in [-0.2, 0) is 11.3 Å². The van der Waals surface area contributed by atoms with E-state index in [1.54, 1.807) is 0 Å². The van der Waals surface area contributed by atoms with Crippen molar-refractivity contribution in [3.05, 3.63) is 35.9 Å². The number of benzene rings is 1. The van der Waals surface area contributed by atoms with Crippen molar-refractivity contribution in [2.24, 2.45) is 5.41 Å². The van der Waals surface area contributed by atoms with Gasteiger partial charge >= 0.3 is 6.09 Å². The fourth-order valence-electron chi connectivity index (χ4n) is 2.78. The van der Waals surface area contributed by atoms with E-state index in [0.29, 0.717) is 32.5 Å². The number of amides is 1. The maximum Gasteiger partial charge on any atom is 0.407 e. The van der Waals surface area contributed by atoms with Crippen LogP contribution in [0.4, 0.5) is 4.79 Å². The topological polar surface area (TPSA) is 90.2 Å². The van der Waals surface area contributed by atoms with E-state index in [1.807, 2.05) is 30.3 Å². The minimum atomic E-state index is -0.957.